The molecule has 3 atom stereocenters. The smallest absolute Gasteiger partial charge is 0.294 e. The molecule has 0 aliphatic carbocycles. The molecule has 0 radical (unpaired) electrons. The van der Waals surface area contributed by atoms with Crippen molar-refractivity contribution in [2.75, 3.05) is 6.61 Å². The molecule has 6 heteroatoms. The lowest BCUT2D eigenvalue weighted by atomic mass is 9.60. The first kappa shape index (κ1) is 17.2. The second-order valence-electron chi connectivity index (χ2n) is 6.83. The zero-order valence-electron chi connectivity index (χ0n) is 13.4. The molecule has 1 rings (SSSR count). The molecule has 0 aromatic heterocycles. The van der Waals surface area contributed by atoms with Gasteiger partial charge in [-0.2, -0.15) is 5.06 Å². The largest absolute Gasteiger partial charge is 0.314 e. The molecule has 3 unspecified atom stereocenters. The van der Waals surface area contributed by atoms with Crippen molar-refractivity contribution < 1.29 is 15.1 Å². The number of nitrogens with zero attached hydrogens (tertiary/aromatic N) is 2. The second-order valence-corrected chi connectivity index (χ2v) is 6.83. The van der Waals surface area contributed by atoms with Crippen LogP contribution in [0.2, 0.25) is 0 Å². The van der Waals surface area contributed by atoms with Gasteiger partial charge in [0.25, 0.3) is 5.09 Å². The van der Waals surface area contributed by atoms with E-state index in [4.69, 9.17) is 0 Å². The lowest BCUT2D eigenvalue weighted by Gasteiger charge is -2.60. The van der Waals surface area contributed by atoms with Gasteiger partial charge in [-0.3, -0.25) is 0 Å². The maximum absolute atomic E-state index is 10.6. The summed E-state index contributed by atoms with van der Waals surface area (Å²) in [5.74, 6) is 0.472. The van der Waals surface area contributed by atoms with Crippen molar-refractivity contribution in [2.24, 2.45) is 17.8 Å². The Kier molecular flexibility index (Phi) is 5.03. The lowest BCUT2D eigenvalue weighted by Crippen LogP contribution is -2.68. The van der Waals surface area contributed by atoms with Crippen LogP contribution in [0.15, 0.2) is 0 Å². The van der Waals surface area contributed by atoms with Gasteiger partial charge in [-0.15, -0.1) is 10.1 Å². The summed E-state index contributed by atoms with van der Waals surface area (Å²) in [6, 6.07) is 0. The summed E-state index contributed by atoms with van der Waals surface area (Å²) in [4.78, 5) is 15.2. The molecule has 0 saturated carbocycles. The molecule has 118 valence electrons. The molecule has 1 fully saturated rings. The Bertz CT molecular complexity index is 357. The van der Waals surface area contributed by atoms with E-state index in [0.717, 1.165) is 12.8 Å². The minimum absolute atomic E-state index is 0.0299. The van der Waals surface area contributed by atoms with Crippen LogP contribution in [0, 0.1) is 27.9 Å². The monoisotopic (exact) mass is 288 g/mol. The van der Waals surface area contributed by atoms with Gasteiger partial charge < -0.3 is 10.0 Å². The Morgan fingerprint density at radius 2 is 1.65 bits per heavy atom. The van der Waals surface area contributed by atoms with Crippen LogP contribution in [0.4, 0.5) is 0 Å². The van der Waals surface area contributed by atoms with E-state index in [1.807, 2.05) is 27.7 Å². The number of rotatable bonds is 5. The summed E-state index contributed by atoms with van der Waals surface area (Å²) in [5.41, 5.74) is -0.921. The molecule has 6 nitrogen and oxygen atoms in total. The van der Waals surface area contributed by atoms with Crippen molar-refractivity contribution in [1.82, 2.24) is 5.06 Å². The summed E-state index contributed by atoms with van der Waals surface area (Å²) in [5, 5.41) is 21.8. The first-order valence-electron chi connectivity index (χ1n) is 7.37. The Balaban J connectivity index is 3.14. The normalized spacial score (nSPS) is 32.9. The zero-order valence-corrected chi connectivity index (χ0v) is 13.4. The van der Waals surface area contributed by atoms with E-state index in [2.05, 4.69) is 18.7 Å². The molecule has 1 saturated heterocycles. The first-order chi connectivity index (χ1) is 9.10. The molecule has 0 aromatic rings. The number of piperidine rings is 1. The molecular formula is C14H28N2O4. The molecule has 0 spiro atoms. The van der Waals surface area contributed by atoms with Crippen LogP contribution in [0.5, 0.6) is 0 Å². The Labute approximate surface area is 121 Å². The molecule has 1 heterocycles. The van der Waals surface area contributed by atoms with Crippen LogP contribution in [0.1, 0.15) is 54.4 Å². The van der Waals surface area contributed by atoms with E-state index in [-0.39, 0.29) is 29.9 Å². The lowest BCUT2D eigenvalue weighted by molar-refractivity contribution is -0.760. The van der Waals surface area contributed by atoms with Crippen LogP contribution in [-0.4, -0.2) is 33.0 Å². The minimum atomic E-state index is -0.745. The standard InChI is InChI=1S/C14H28N2O4/c1-7-10-11(8-2)13(3,4)15(17)14(5,6)12(10)9-20-16(18)19/h10-12,17H,7-9H2,1-6H3. The van der Waals surface area contributed by atoms with Crippen molar-refractivity contribution >= 4 is 0 Å². The van der Waals surface area contributed by atoms with E-state index in [1.165, 1.54) is 5.06 Å². The summed E-state index contributed by atoms with van der Waals surface area (Å²) in [6.45, 7) is 12.2. The highest BCUT2D eigenvalue weighted by atomic mass is 16.9. The summed E-state index contributed by atoms with van der Waals surface area (Å²) < 4.78 is 0. The van der Waals surface area contributed by atoms with Crippen molar-refractivity contribution in [3.8, 4) is 0 Å². The second kappa shape index (κ2) is 5.85. The molecule has 1 aliphatic heterocycles. The van der Waals surface area contributed by atoms with Crippen LogP contribution in [-0.2, 0) is 4.84 Å². The van der Waals surface area contributed by atoms with Gasteiger partial charge in [0.1, 0.15) is 6.61 Å². The Morgan fingerprint density at radius 3 is 2.05 bits per heavy atom. The fourth-order valence-electron chi connectivity index (χ4n) is 4.23. The fraction of sp³-hybridized carbons (Fsp3) is 1.00. The summed E-state index contributed by atoms with van der Waals surface area (Å²) in [7, 11) is 0. The predicted molar refractivity (Wildman–Crippen MR) is 75.8 cm³/mol. The van der Waals surface area contributed by atoms with Crippen LogP contribution >= 0.6 is 0 Å². The van der Waals surface area contributed by atoms with Crippen LogP contribution in [0.25, 0.3) is 0 Å². The fourth-order valence-corrected chi connectivity index (χ4v) is 4.23. The highest BCUT2D eigenvalue weighted by molar-refractivity contribution is 5.05. The third-order valence-corrected chi connectivity index (χ3v) is 5.21. The first-order valence-corrected chi connectivity index (χ1v) is 7.37. The number of hydroxylamine groups is 2. The van der Waals surface area contributed by atoms with Crippen molar-refractivity contribution in [2.45, 2.75) is 65.5 Å². The minimum Gasteiger partial charge on any atom is -0.314 e. The molecule has 0 amide bonds. The van der Waals surface area contributed by atoms with E-state index in [0.29, 0.717) is 0 Å². The molecule has 1 aliphatic rings. The van der Waals surface area contributed by atoms with Crippen molar-refractivity contribution in [1.29, 1.82) is 0 Å². The molecule has 0 aromatic carbocycles. The van der Waals surface area contributed by atoms with Crippen LogP contribution in [0.3, 0.4) is 0 Å². The number of hydrogen-bond donors (Lipinski definition) is 1. The van der Waals surface area contributed by atoms with Gasteiger partial charge in [0, 0.05) is 17.0 Å². The van der Waals surface area contributed by atoms with E-state index >= 15 is 0 Å². The van der Waals surface area contributed by atoms with Gasteiger partial charge in [0.15, 0.2) is 0 Å². The predicted octanol–water partition coefficient (Wildman–Crippen LogP) is 3.13. The molecule has 0 bridgehead atoms. The van der Waals surface area contributed by atoms with Crippen molar-refractivity contribution in [3.63, 3.8) is 0 Å². The Morgan fingerprint density at radius 1 is 1.15 bits per heavy atom. The average Bonchev–Trinajstić information content (AvgIpc) is 2.34. The van der Waals surface area contributed by atoms with Gasteiger partial charge in [-0.25, -0.2) is 0 Å². The van der Waals surface area contributed by atoms with Crippen molar-refractivity contribution in [3.05, 3.63) is 10.1 Å². The Hall–Kier alpha value is -0.880. The van der Waals surface area contributed by atoms with Gasteiger partial charge in [-0.1, -0.05) is 26.7 Å². The average molecular weight is 288 g/mol. The third-order valence-electron chi connectivity index (χ3n) is 5.21. The molecular weight excluding hydrogens is 260 g/mol. The molecule has 20 heavy (non-hydrogen) atoms. The molecule has 1 N–H and O–H groups in total. The quantitative estimate of drug-likeness (QED) is 0.621. The van der Waals surface area contributed by atoms with E-state index in [9.17, 15) is 15.3 Å². The number of hydrogen-bond acceptors (Lipinski definition) is 5. The summed E-state index contributed by atoms with van der Waals surface area (Å²) in [6.07, 6.45) is 1.85. The summed E-state index contributed by atoms with van der Waals surface area (Å²) >= 11 is 0. The van der Waals surface area contributed by atoms with Gasteiger partial charge in [-0.05, 0) is 39.5 Å². The highest BCUT2D eigenvalue weighted by Gasteiger charge is 2.55. The maximum atomic E-state index is 10.6. The highest BCUT2D eigenvalue weighted by Crippen LogP contribution is 2.50. The zero-order chi connectivity index (χ0) is 15.7. The van der Waals surface area contributed by atoms with Gasteiger partial charge in [0.05, 0.1) is 0 Å². The van der Waals surface area contributed by atoms with E-state index in [1.54, 1.807) is 0 Å². The third kappa shape index (κ3) is 2.76. The van der Waals surface area contributed by atoms with Crippen LogP contribution < -0.4 is 0 Å². The van der Waals surface area contributed by atoms with Gasteiger partial charge in [0.2, 0.25) is 0 Å². The maximum Gasteiger partial charge on any atom is 0.294 e. The SMILES string of the molecule is CCC1C(CC)C(C)(C)N(O)C(C)(C)C1CO[N+](=O)[O-]. The van der Waals surface area contributed by atoms with Gasteiger partial charge >= 0.3 is 0 Å². The van der Waals surface area contributed by atoms with E-state index < -0.39 is 10.6 Å². The topological polar surface area (TPSA) is 75.8 Å².